The number of nitrogens with one attached hydrogen (secondary N) is 1. The molecule has 0 aromatic heterocycles. The number of esters is 1. The third-order valence-corrected chi connectivity index (χ3v) is 6.95. The molecule has 2 aromatic rings. The molecular formula is C25H25NO3. The smallest absolute Gasteiger partial charge is 0.313 e. The Morgan fingerprint density at radius 3 is 2.52 bits per heavy atom. The van der Waals surface area contributed by atoms with Gasteiger partial charge in [0, 0.05) is 11.6 Å². The fraction of sp³-hybridized carbons (Fsp3) is 0.360. The number of benzene rings is 2. The van der Waals surface area contributed by atoms with E-state index >= 15 is 0 Å². The van der Waals surface area contributed by atoms with Crippen LogP contribution in [0.4, 0.5) is 5.69 Å². The predicted molar refractivity (Wildman–Crippen MR) is 111 cm³/mol. The van der Waals surface area contributed by atoms with Crippen molar-refractivity contribution >= 4 is 17.6 Å². The number of anilines is 1. The van der Waals surface area contributed by atoms with E-state index in [-0.39, 0.29) is 23.2 Å². The van der Waals surface area contributed by atoms with E-state index in [1.54, 1.807) is 0 Å². The molecule has 148 valence electrons. The van der Waals surface area contributed by atoms with Crippen molar-refractivity contribution in [2.45, 2.75) is 37.5 Å². The topological polar surface area (TPSA) is 55.4 Å². The van der Waals surface area contributed by atoms with Gasteiger partial charge in [-0.05, 0) is 55.4 Å². The summed E-state index contributed by atoms with van der Waals surface area (Å²) in [6, 6.07) is 17.9. The zero-order valence-electron chi connectivity index (χ0n) is 16.4. The number of hydrogen-bond donors (Lipinski definition) is 1. The number of hydrogen-bond acceptors (Lipinski definition) is 3. The number of amides is 1. The van der Waals surface area contributed by atoms with Gasteiger partial charge in [-0.3, -0.25) is 9.59 Å². The molecule has 2 unspecified atom stereocenters. The quantitative estimate of drug-likeness (QED) is 0.611. The Morgan fingerprint density at radius 2 is 1.83 bits per heavy atom. The summed E-state index contributed by atoms with van der Waals surface area (Å²) in [6.07, 6.45) is 4.03. The summed E-state index contributed by atoms with van der Waals surface area (Å²) in [4.78, 5) is 25.4. The standard InChI is InChI=1S/C25H25NO3/c1-17-13-20-16-29-23(28)25(20,14-17)15-18-7-9-21(10-8-18)26-22(27)24(11-12-24)19-5-3-2-4-6-19/h2-10,20H,1,11-16H2,(H,26,27). The van der Waals surface area contributed by atoms with Gasteiger partial charge >= 0.3 is 5.97 Å². The molecule has 2 aromatic carbocycles. The van der Waals surface area contributed by atoms with Crippen LogP contribution in [0.3, 0.4) is 0 Å². The Balaban J connectivity index is 1.29. The predicted octanol–water partition coefficient (Wildman–Crippen LogP) is 4.41. The molecular weight excluding hydrogens is 362 g/mol. The van der Waals surface area contributed by atoms with E-state index in [9.17, 15) is 9.59 Å². The minimum atomic E-state index is -0.451. The molecule has 0 radical (unpaired) electrons. The molecule has 1 amide bonds. The second kappa shape index (κ2) is 6.58. The number of ether oxygens (including phenoxy) is 1. The maximum Gasteiger partial charge on any atom is 0.313 e. The summed E-state index contributed by atoms with van der Waals surface area (Å²) in [5.41, 5.74) is 3.27. The van der Waals surface area contributed by atoms with Gasteiger partial charge in [0.1, 0.15) is 0 Å². The number of fused-ring (bicyclic) bond motifs is 1. The van der Waals surface area contributed by atoms with Gasteiger partial charge in [0.25, 0.3) is 0 Å². The normalized spacial score (nSPS) is 26.7. The van der Waals surface area contributed by atoms with Gasteiger partial charge in [-0.15, -0.1) is 0 Å². The van der Waals surface area contributed by atoms with E-state index in [2.05, 4.69) is 11.9 Å². The SMILES string of the molecule is C=C1CC2COC(=O)C2(Cc2ccc(NC(=O)C3(c4ccccc4)CC3)cc2)C1. The Bertz CT molecular complexity index is 975. The second-order valence-corrected chi connectivity index (χ2v) is 8.86. The van der Waals surface area contributed by atoms with Crippen LogP contribution in [0.1, 0.15) is 36.8 Å². The van der Waals surface area contributed by atoms with Crippen LogP contribution in [0.2, 0.25) is 0 Å². The van der Waals surface area contributed by atoms with Crippen molar-refractivity contribution in [2.75, 3.05) is 11.9 Å². The molecule has 3 fully saturated rings. The molecule has 3 aliphatic rings. The lowest BCUT2D eigenvalue weighted by molar-refractivity contribution is -0.146. The number of carbonyl (C=O) groups excluding carboxylic acids is 2. The highest BCUT2D eigenvalue weighted by Gasteiger charge is 2.56. The Hall–Kier alpha value is -2.88. The summed E-state index contributed by atoms with van der Waals surface area (Å²) < 4.78 is 5.37. The molecule has 4 nitrogen and oxygen atoms in total. The Morgan fingerprint density at radius 1 is 1.10 bits per heavy atom. The van der Waals surface area contributed by atoms with Crippen molar-refractivity contribution in [3.63, 3.8) is 0 Å². The maximum absolute atomic E-state index is 12.9. The minimum absolute atomic E-state index is 0.0570. The molecule has 1 aliphatic heterocycles. The van der Waals surface area contributed by atoms with Gasteiger partial charge in [-0.2, -0.15) is 0 Å². The van der Waals surface area contributed by atoms with Gasteiger partial charge in [-0.25, -0.2) is 0 Å². The van der Waals surface area contributed by atoms with E-state index in [1.165, 1.54) is 0 Å². The zero-order chi connectivity index (χ0) is 20.1. The molecule has 2 atom stereocenters. The van der Waals surface area contributed by atoms with Crippen LogP contribution < -0.4 is 5.32 Å². The lowest BCUT2D eigenvalue weighted by atomic mass is 9.75. The van der Waals surface area contributed by atoms with E-state index < -0.39 is 5.41 Å². The van der Waals surface area contributed by atoms with Crippen molar-refractivity contribution in [2.24, 2.45) is 11.3 Å². The monoisotopic (exact) mass is 387 g/mol. The number of carbonyl (C=O) groups is 2. The van der Waals surface area contributed by atoms with Gasteiger partial charge in [0.15, 0.2) is 0 Å². The Labute approximate surface area is 171 Å². The second-order valence-electron chi connectivity index (χ2n) is 8.86. The summed E-state index contributed by atoms with van der Waals surface area (Å²) >= 11 is 0. The molecule has 0 spiro atoms. The molecule has 4 heteroatoms. The van der Waals surface area contributed by atoms with Crippen LogP contribution in [-0.4, -0.2) is 18.5 Å². The lowest BCUT2D eigenvalue weighted by Gasteiger charge is -2.24. The van der Waals surface area contributed by atoms with E-state index in [0.29, 0.717) is 19.4 Å². The molecule has 2 aliphatic carbocycles. The van der Waals surface area contributed by atoms with Crippen LogP contribution in [0.25, 0.3) is 0 Å². The van der Waals surface area contributed by atoms with Crippen LogP contribution in [0.5, 0.6) is 0 Å². The average molecular weight is 387 g/mol. The van der Waals surface area contributed by atoms with Gasteiger partial charge in [0.05, 0.1) is 17.4 Å². The van der Waals surface area contributed by atoms with Gasteiger partial charge < -0.3 is 10.1 Å². The van der Waals surface area contributed by atoms with Crippen molar-refractivity contribution in [3.8, 4) is 0 Å². The van der Waals surface area contributed by atoms with Gasteiger partial charge in [0.2, 0.25) is 5.91 Å². The molecule has 1 N–H and O–H groups in total. The van der Waals surface area contributed by atoms with Gasteiger partial charge in [-0.1, -0.05) is 54.6 Å². The van der Waals surface area contributed by atoms with E-state index in [1.807, 2.05) is 54.6 Å². The van der Waals surface area contributed by atoms with Crippen molar-refractivity contribution in [1.82, 2.24) is 0 Å². The fourth-order valence-corrected chi connectivity index (χ4v) is 5.11. The summed E-state index contributed by atoms with van der Waals surface area (Å²) in [6.45, 7) is 4.61. The molecule has 0 bridgehead atoms. The highest BCUT2D eigenvalue weighted by molar-refractivity contribution is 6.01. The summed E-state index contributed by atoms with van der Waals surface area (Å²) in [5.74, 6) is 0.209. The van der Waals surface area contributed by atoms with Crippen LogP contribution >= 0.6 is 0 Å². The average Bonchev–Trinajstić information content (AvgIpc) is 3.41. The third-order valence-electron chi connectivity index (χ3n) is 6.95. The number of allylic oxidation sites excluding steroid dienone is 1. The highest BCUT2D eigenvalue weighted by atomic mass is 16.5. The zero-order valence-corrected chi connectivity index (χ0v) is 16.4. The largest absolute Gasteiger partial charge is 0.465 e. The summed E-state index contributed by atoms with van der Waals surface area (Å²) in [7, 11) is 0. The molecule has 29 heavy (non-hydrogen) atoms. The molecule has 1 saturated heterocycles. The first-order chi connectivity index (χ1) is 14.0. The fourth-order valence-electron chi connectivity index (χ4n) is 5.11. The van der Waals surface area contributed by atoms with Crippen LogP contribution in [0, 0.1) is 11.3 Å². The molecule has 1 heterocycles. The number of rotatable bonds is 5. The van der Waals surface area contributed by atoms with Crippen molar-refractivity contribution in [3.05, 3.63) is 77.9 Å². The molecule has 2 saturated carbocycles. The molecule has 5 rings (SSSR count). The first-order valence-corrected chi connectivity index (χ1v) is 10.3. The first-order valence-electron chi connectivity index (χ1n) is 10.3. The Kier molecular flexibility index (Phi) is 4.12. The third kappa shape index (κ3) is 2.98. The van der Waals surface area contributed by atoms with Crippen LogP contribution in [-0.2, 0) is 26.2 Å². The van der Waals surface area contributed by atoms with Crippen molar-refractivity contribution < 1.29 is 14.3 Å². The van der Waals surface area contributed by atoms with E-state index in [0.717, 1.165) is 41.6 Å². The first kappa shape index (κ1) is 18.2. The minimum Gasteiger partial charge on any atom is -0.465 e. The van der Waals surface area contributed by atoms with Crippen LogP contribution in [0.15, 0.2) is 66.7 Å². The van der Waals surface area contributed by atoms with Crippen molar-refractivity contribution in [1.29, 1.82) is 0 Å². The number of cyclic esters (lactones) is 1. The maximum atomic E-state index is 12.9. The van der Waals surface area contributed by atoms with E-state index in [4.69, 9.17) is 4.74 Å². The summed E-state index contributed by atoms with van der Waals surface area (Å²) in [5, 5.41) is 3.08. The lowest BCUT2D eigenvalue weighted by Crippen LogP contribution is -2.31. The highest BCUT2D eigenvalue weighted by Crippen LogP contribution is 2.52.